The molecule has 1 aliphatic carbocycles. The summed E-state index contributed by atoms with van der Waals surface area (Å²) in [5, 5.41) is 11.5. The van der Waals surface area contributed by atoms with E-state index in [1.807, 2.05) is 19.0 Å². The molecule has 1 aliphatic rings. The minimum absolute atomic E-state index is 0.0882. The van der Waals surface area contributed by atoms with Gasteiger partial charge in [0.15, 0.2) is 0 Å². The highest BCUT2D eigenvalue weighted by atomic mass is 19.4. The summed E-state index contributed by atoms with van der Waals surface area (Å²) in [4.78, 5) is 1.96. The van der Waals surface area contributed by atoms with E-state index in [1.54, 1.807) is 12.1 Å². The van der Waals surface area contributed by atoms with Crippen molar-refractivity contribution in [3.8, 4) is 0 Å². The van der Waals surface area contributed by atoms with E-state index in [-0.39, 0.29) is 17.8 Å². The van der Waals surface area contributed by atoms with Crippen LogP contribution < -0.4 is 0 Å². The third-order valence-corrected chi connectivity index (χ3v) is 5.77. The zero-order valence-corrected chi connectivity index (χ0v) is 17.1. The number of nitrogens with zero attached hydrogens (tertiary/aromatic N) is 1. The van der Waals surface area contributed by atoms with Crippen LogP contribution in [0.4, 0.5) is 17.6 Å². The third-order valence-electron chi connectivity index (χ3n) is 5.77. The molecule has 1 saturated carbocycles. The van der Waals surface area contributed by atoms with Crippen molar-refractivity contribution in [2.24, 2.45) is 5.92 Å². The van der Waals surface area contributed by atoms with Gasteiger partial charge in [-0.3, -0.25) is 0 Å². The highest BCUT2D eigenvalue weighted by Gasteiger charge is 2.44. The van der Waals surface area contributed by atoms with E-state index in [2.05, 4.69) is 0 Å². The van der Waals surface area contributed by atoms with Gasteiger partial charge in [-0.15, -0.1) is 0 Å². The van der Waals surface area contributed by atoms with Gasteiger partial charge in [-0.1, -0.05) is 24.3 Å². The molecule has 1 fully saturated rings. The molecule has 2 aromatic rings. The Balaban J connectivity index is 1.73. The molecular weight excluding hydrogens is 398 g/mol. The Hall–Kier alpha value is -1.96. The molecule has 0 bridgehead atoms. The summed E-state index contributed by atoms with van der Waals surface area (Å²) in [6, 6.07) is 10.9. The lowest BCUT2D eigenvalue weighted by molar-refractivity contribution is -0.137. The molecule has 0 saturated heterocycles. The van der Waals surface area contributed by atoms with Gasteiger partial charge < -0.3 is 14.7 Å². The Morgan fingerprint density at radius 2 is 1.70 bits per heavy atom. The molecule has 0 heterocycles. The fraction of sp³-hybridized carbons (Fsp3) is 0.478. The molecule has 3 unspecified atom stereocenters. The molecule has 0 spiro atoms. The van der Waals surface area contributed by atoms with Crippen molar-refractivity contribution in [1.29, 1.82) is 0 Å². The normalized spacial score (nSPS) is 24.9. The minimum atomic E-state index is -4.41. The summed E-state index contributed by atoms with van der Waals surface area (Å²) in [6.45, 7) is 0.923. The van der Waals surface area contributed by atoms with Gasteiger partial charge in [-0.25, -0.2) is 4.39 Å². The second kappa shape index (κ2) is 9.04. The number of hydrogen-bond acceptors (Lipinski definition) is 3. The number of hydrogen-bond donors (Lipinski definition) is 1. The molecule has 0 radical (unpaired) electrons. The van der Waals surface area contributed by atoms with Gasteiger partial charge in [0.25, 0.3) is 0 Å². The quantitative estimate of drug-likeness (QED) is 0.663. The van der Waals surface area contributed by atoms with Crippen LogP contribution >= 0.6 is 0 Å². The Kier molecular flexibility index (Phi) is 6.84. The van der Waals surface area contributed by atoms with Crippen LogP contribution in [0.1, 0.15) is 36.0 Å². The first-order valence-corrected chi connectivity index (χ1v) is 9.99. The van der Waals surface area contributed by atoms with E-state index in [0.717, 1.165) is 17.7 Å². The smallest absolute Gasteiger partial charge is 0.385 e. The summed E-state index contributed by atoms with van der Waals surface area (Å²) in [5.74, 6) is -0.500. The van der Waals surface area contributed by atoms with Crippen molar-refractivity contribution in [2.75, 3.05) is 20.6 Å². The predicted molar refractivity (Wildman–Crippen MR) is 106 cm³/mol. The van der Waals surface area contributed by atoms with Gasteiger partial charge in [0.05, 0.1) is 23.9 Å². The van der Waals surface area contributed by atoms with Crippen LogP contribution in [0.3, 0.4) is 0 Å². The van der Waals surface area contributed by atoms with Crippen LogP contribution in [-0.2, 0) is 23.1 Å². The molecular formula is C23H27F4NO2. The average molecular weight is 425 g/mol. The molecule has 0 aromatic heterocycles. The van der Waals surface area contributed by atoms with Crippen LogP contribution in [0.15, 0.2) is 48.5 Å². The minimum Gasteiger partial charge on any atom is -0.385 e. The first-order chi connectivity index (χ1) is 14.1. The van der Waals surface area contributed by atoms with Gasteiger partial charge >= 0.3 is 6.18 Å². The Labute approximate surface area is 174 Å². The summed E-state index contributed by atoms with van der Waals surface area (Å²) in [5.41, 5.74) is -0.580. The molecule has 164 valence electrons. The third kappa shape index (κ3) is 5.39. The maximum atomic E-state index is 13.1. The SMILES string of the molecule is CN(C)CC1CC(OCc2ccc(F)cc2)CCC1(O)c1ccc(C(F)(F)F)cc1. The lowest BCUT2D eigenvalue weighted by atomic mass is 9.70. The van der Waals surface area contributed by atoms with Crippen molar-refractivity contribution in [2.45, 2.75) is 43.8 Å². The van der Waals surface area contributed by atoms with E-state index in [4.69, 9.17) is 4.74 Å². The van der Waals surface area contributed by atoms with Crippen molar-refractivity contribution in [3.05, 3.63) is 71.0 Å². The van der Waals surface area contributed by atoms with Gasteiger partial charge in [-0.2, -0.15) is 13.2 Å². The molecule has 3 nitrogen and oxygen atoms in total. The van der Waals surface area contributed by atoms with Crippen LogP contribution in [0.25, 0.3) is 0 Å². The molecule has 3 atom stereocenters. The number of benzene rings is 2. The first kappa shape index (κ1) is 22.7. The summed E-state index contributed by atoms with van der Waals surface area (Å²) in [6.07, 6.45) is -2.93. The predicted octanol–water partition coefficient (Wildman–Crippen LogP) is 4.98. The maximum Gasteiger partial charge on any atom is 0.416 e. The summed E-state index contributed by atoms with van der Waals surface area (Å²) < 4.78 is 57.8. The number of aliphatic hydroxyl groups is 1. The molecule has 3 rings (SSSR count). The molecule has 2 aromatic carbocycles. The number of rotatable bonds is 6. The summed E-state index contributed by atoms with van der Waals surface area (Å²) >= 11 is 0. The van der Waals surface area contributed by atoms with E-state index >= 15 is 0 Å². The van der Waals surface area contributed by atoms with Crippen molar-refractivity contribution >= 4 is 0 Å². The standard InChI is InChI=1S/C23H27F4NO2/c1-28(2)14-19-13-21(30-15-16-3-9-20(24)10-4-16)11-12-22(19,29)17-5-7-18(8-6-17)23(25,26)27/h3-10,19,21,29H,11-15H2,1-2H3. The largest absolute Gasteiger partial charge is 0.416 e. The second-order valence-electron chi connectivity index (χ2n) is 8.29. The molecule has 1 N–H and O–H groups in total. The highest BCUT2D eigenvalue weighted by molar-refractivity contribution is 5.30. The maximum absolute atomic E-state index is 13.1. The summed E-state index contributed by atoms with van der Waals surface area (Å²) in [7, 11) is 3.80. The Bertz CT molecular complexity index is 821. The van der Waals surface area contributed by atoms with Gasteiger partial charge in [0, 0.05) is 12.5 Å². The monoisotopic (exact) mass is 425 g/mol. The van der Waals surface area contributed by atoms with Crippen molar-refractivity contribution in [1.82, 2.24) is 4.90 Å². The number of alkyl halides is 3. The van der Waals surface area contributed by atoms with Crippen molar-refractivity contribution < 1.29 is 27.4 Å². The van der Waals surface area contributed by atoms with Crippen LogP contribution in [0.2, 0.25) is 0 Å². The van der Waals surface area contributed by atoms with Crippen LogP contribution in [0.5, 0.6) is 0 Å². The Morgan fingerprint density at radius 1 is 1.07 bits per heavy atom. The van der Waals surface area contributed by atoms with E-state index in [1.165, 1.54) is 24.3 Å². The lowest BCUT2D eigenvalue weighted by Crippen LogP contribution is -2.46. The fourth-order valence-corrected chi connectivity index (χ4v) is 4.16. The highest BCUT2D eigenvalue weighted by Crippen LogP contribution is 2.43. The van der Waals surface area contributed by atoms with Crippen LogP contribution in [0, 0.1) is 11.7 Å². The number of halogens is 4. The molecule has 7 heteroatoms. The lowest BCUT2D eigenvalue weighted by Gasteiger charge is -2.44. The van der Waals surface area contributed by atoms with Gasteiger partial charge in [0.2, 0.25) is 0 Å². The molecule has 0 amide bonds. The zero-order chi connectivity index (χ0) is 21.9. The van der Waals surface area contributed by atoms with E-state index in [9.17, 15) is 22.7 Å². The van der Waals surface area contributed by atoms with Crippen molar-refractivity contribution in [3.63, 3.8) is 0 Å². The zero-order valence-electron chi connectivity index (χ0n) is 17.1. The average Bonchev–Trinajstić information content (AvgIpc) is 2.69. The number of ether oxygens (including phenoxy) is 1. The van der Waals surface area contributed by atoms with E-state index in [0.29, 0.717) is 38.0 Å². The molecule has 0 aliphatic heterocycles. The van der Waals surface area contributed by atoms with Gasteiger partial charge in [-0.05, 0) is 68.8 Å². The van der Waals surface area contributed by atoms with Gasteiger partial charge in [0.1, 0.15) is 5.82 Å². The fourth-order valence-electron chi connectivity index (χ4n) is 4.16. The van der Waals surface area contributed by atoms with Crippen LogP contribution in [-0.4, -0.2) is 36.8 Å². The Morgan fingerprint density at radius 3 is 2.27 bits per heavy atom. The topological polar surface area (TPSA) is 32.7 Å². The second-order valence-corrected chi connectivity index (χ2v) is 8.29. The van der Waals surface area contributed by atoms with E-state index < -0.39 is 17.3 Å². The molecule has 30 heavy (non-hydrogen) atoms. The first-order valence-electron chi connectivity index (χ1n) is 9.99.